The molecule has 0 spiro atoms. The van der Waals surface area contributed by atoms with Gasteiger partial charge in [-0.3, -0.25) is 0 Å². The van der Waals surface area contributed by atoms with E-state index in [1.165, 1.54) is 12.1 Å². The second kappa shape index (κ2) is 7.19. The van der Waals surface area contributed by atoms with E-state index >= 15 is 0 Å². The molecule has 2 rings (SSSR count). The Morgan fingerprint density at radius 2 is 1.86 bits per heavy atom. The second-order valence-corrected chi connectivity index (χ2v) is 6.95. The summed E-state index contributed by atoms with van der Waals surface area (Å²) in [5, 5.41) is 9.64. The Balaban J connectivity index is 2.18. The minimum Gasteiger partial charge on any atom is -0.394 e. The van der Waals surface area contributed by atoms with Crippen molar-refractivity contribution in [2.45, 2.75) is 11.8 Å². The zero-order chi connectivity index (χ0) is 16.2. The highest BCUT2D eigenvalue weighted by Gasteiger charge is 2.20. The van der Waals surface area contributed by atoms with Crippen molar-refractivity contribution in [3.05, 3.63) is 70.5 Å². The van der Waals surface area contributed by atoms with Gasteiger partial charge in [0.15, 0.2) is 0 Å². The molecular weight excluding hydrogens is 329 g/mol. The number of hydrogen-bond donors (Lipinski definition) is 2. The fraction of sp³-hybridized carbons (Fsp3) is 0.200. The van der Waals surface area contributed by atoms with Crippen LogP contribution < -0.4 is 4.72 Å². The fourth-order valence-electron chi connectivity index (χ4n) is 2.01. The van der Waals surface area contributed by atoms with Crippen molar-refractivity contribution in [3.8, 4) is 0 Å². The van der Waals surface area contributed by atoms with E-state index < -0.39 is 34.2 Å². The highest BCUT2D eigenvalue weighted by atomic mass is 35.5. The van der Waals surface area contributed by atoms with Crippen molar-refractivity contribution >= 4 is 21.6 Å². The molecule has 0 bridgehead atoms. The van der Waals surface area contributed by atoms with Crippen LogP contribution in [-0.4, -0.2) is 20.1 Å². The number of aliphatic hydroxyl groups excluding tert-OH is 1. The SMILES string of the molecule is O=S(=O)(Cc1cc(Cl)ccc1F)NC(CO)c1ccccc1. The molecule has 118 valence electrons. The molecule has 1 atom stereocenters. The van der Waals surface area contributed by atoms with Gasteiger partial charge in [0, 0.05) is 10.6 Å². The fourth-order valence-corrected chi connectivity index (χ4v) is 3.57. The van der Waals surface area contributed by atoms with Gasteiger partial charge >= 0.3 is 0 Å². The number of hydrogen-bond acceptors (Lipinski definition) is 3. The summed E-state index contributed by atoms with van der Waals surface area (Å²) in [5.41, 5.74) is 0.602. The van der Waals surface area contributed by atoms with Crippen LogP contribution in [0.25, 0.3) is 0 Å². The molecule has 0 radical (unpaired) electrons. The maximum absolute atomic E-state index is 13.6. The molecule has 22 heavy (non-hydrogen) atoms. The molecule has 0 amide bonds. The molecular formula is C15H15ClFNO3S. The third kappa shape index (κ3) is 4.51. The normalized spacial score (nSPS) is 13.0. The quantitative estimate of drug-likeness (QED) is 0.847. The van der Waals surface area contributed by atoms with Crippen molar-refractivity contribution in [2.75, 3.05) is 6.61 Å². The summed E-state index contributed by atoms with van der Waals surface area (Å²) in [6, 6.07) is 11.6. The summed E-state index contributed by atoms with van der Waals surface area (Å²) in [4.78, 5) is 0. The monoisotopic (exact) mass is 343 g/mol. The van der Waals surface area contributed by atoms with Gasteiger partial charge in [0.2, 0.25) is 10.0 Å². The van der Waals surface area contributed by atoms with Gasteiger partial charge in [0.05, 0.1) is 18.4 Å². The summed E-state index contributed by atoms with van der Waals surface area (Å²) >= 11 is 5.75. The van der Waals surface area contributed by atoms with Crippen LogP contribution in [0.1, 0.15) is 17.2 Å². The maximum Gasteiger partial charge on any atom is 0.216 e. The Labute approximate surface area is 133 Å². The number of halogens is 2. The van der Waals surface area contributed by atoms with E-state index in [1.54, 1.807) is 30.3 Å². The van der Waals surface area contributed by atoms with E-state index in [1.807, 2.05) is 0 Å². The summed E-state index contributed by atoms with van der Waals surface area (Å²) in [6.45, 7) is -0.402. The molecule has 2 N–H and O–H groups in total. The largest absolute Gasteiger partial charge is 0.394 e. The first-order valence-corrected chi connectivity index (χ1v) is 8.54. The molecule has 7 heteroatoms. The summed E-state index contributed by atoms with van der Waals surface area (Å²) in [7, 11) is -3.84. The van der Waals surface area contributed by atoms with Crippen LogP contribution in [0.5, 0.6) is 0 Å². The Bertz CT molecular complexity index is 738. The van der Waals surface area contributed by atoms with Crippen molar-refractivity contribution in [2.24, 2.45) is 0 Å². The first-order valence-electron chi connectivity index (χ1n) is 6.51. The summed E-state index contributed by atoms with van der Waals surface area (Å²) < 4.78 is 40.4. The van der Waals surface area contributed by atoms with Crippen LogP contribution >= 0.6 is 11.6 Å². The van der Waals surface area contributed by atoms with Crippen LogP contribution in [0.15, 0.2) is 48.5 Å². The number of rotatable bonds is 6. The second-order valence-electron chi connectivity index (χ2n) is 4.76. The van der Waals surface area contributed by atoms with E-state index in [2.05, 4.69) is 4.72 Å². The lowest BCUT2D eigenvalue weighted by Crippen LogP contribution is -2.32. The average molecular weight is 344 g/mol. The van der Waals surface area contributed by atoms with Gasteiger partial charge in [0.1, 0.15) is 5.82 Å². The van der Waals surface area contributed by atoms with Crippen molar-refractivity contribution < 1.29 is 17.9 Å². The lowest BCUT2D eigenvalue weighted by atomic mass is 10.1. The molecule has 2 aromatic carbocycles. The molecule has 1 unspecified atom stereocenters. The molecule has 0 saturated carbocycles. The zero-order valence-electron chi connectivity index (χ0n) is 11.5. The maximum atomic E-state index is 13.6. The van der Waals surface area contributed by atoms with Gasteiger partial charge in [0.25, 0.3) is 0 Å². The van der Waals surface area contributed by atoms with E-state index in [0.29, 0.717) is 5.56 Å². The van der Waals surface area contributed by atoms with Crippen molar-refractivity contribution in [3.63, 3.8) is 0 Å². The van der Waals surface area contributed by atoms with Crippen LogP contribution in [0.3, 0.4) is 0 Å². The number of aliphatic hydroxyl groups is 1. The molecule has 0 heterocycles. The van der Waals surface area contributed by atoms with Crippen LogP contribution in [0.4, 0.5) is 4.39 Å². The van der Waals surface area contributed by atoms with Gasteiger partial charge in [-0.15, -0.1) is 0 Å². The predicted molar refractivity (Wildman–Crippen MR) is 83.4 cm³/mol. The third-order valence-electron chi connectivity index (χ3n) is 3.06. The Kier molecular flexibility index (Phi) is 5.52. The molecule has 0 aliphatic carbocycles. The minimum atomic E-state index is -3.84. The van der Waals surface area contributed by atoms with Gasteiger partial charge < -0.3 is 5.11 Å². The van der Waals surface area contributed by atoms with Gasteiger partial charge in [-0.05, 0) is 23.8 Å². The highest BCUT2D eigenvalue weighted by molar-refractivity contribution is 7.88. The Hall–Kier alpha value is -1.47. The van der Waals surface area contributed by atoms with E-state index in [0.717, 1.165) is 6.07 Å². The zero-order valence-corrected chi connectivity index (χ0v) is 13.1. The van der Waals surface area contributed by atoms with Crippen LogP contribution in [0.2, 0.25) is 5.02 Å². The van der Waals surface area contributed by atoms with E-state index in [9.17, 15) is 17.9 Å². The highest BCUT2D eigenvalue weighted by Crippen LogP contribution is 2.19. The molecule has 2 aromatic rings. The van der Waals surface area contributed by atoms with E-state index in [-0.39, 0.29) is 10.6 Å². The van der Waals surface area contributed by atoms with Gasteiger partial charge in [-0.1, -0.05) is 41.9 Å². The van der Waals surface area contributed by atoms with Gasteiger partial charge in [-0.25, -0.2) is 17.5 Å². The van der Waals surface area contributed by atoms with Crippen LogP contribution in [-0.2, 0) is 15.8 Å². The third-order valence-corrected chi connectivity index (χ3v) is 4.63. The number of sulfonamides is 1. The minimum absolute atomic E-state index is 0.0234. The Morgan fingerprint density at radius 1 is 1.18 bits per heavy atom. The molecule has 0 saturated heterocycles. The smallest absolute Gasteiger partial charge is 0.216 e. The standard InChI is InChI=1S/C15H15ClFNO3S/c16-13-6-7-14(17)12(8-13)10-22(20,21)18-15(9-19)11-4-2-1-3-5-11/h1-8,15,18-19H,9-10H2. The molecule has 0 fully saturated rings. The van der Waals surface area contributed by atoms with Crippen molar-refractivity contribution in [1.29, 1.82) is 0 Å². The first-order chi connectivity index (χ1) is 10.4. The summed E-state index contributed by atoms with van der Waals surface area (Å²) in [6.07, 6.45) is 0. The van der Waals surface area contributed by atoms with Crippen LogP contribution in [0, 0.1) is 5.82 Å². The summed E-state index contributed by atoms with van der Waals surface area (Å²) in [5.74, 6) is -1.20. The number of nitrogens with one attached hydrogen (secondary N) is 1. The van der Waals surface area contributed by atoms with Crippen molar-refractivity contribution in [1.82, 2.24) is 4.72 Å². The lowest BCUT2D eigenvalue weighted by Gasteiger charge is -2.17. The van der Waals surface area contributed by atoms with Gasteiger partial charge in [-0.2, -0.15) is 0 Å². The first kappa shape index (κ1) is 16.9. The molecule has 0 aromatic heterocycles. The number of benzene rings is 2. The lowest BCUT2D eigenvalue weighted by molar-refractivity contribution is 0.259. The topological polar surface area (TPSA) is 66.4 Å². The Morgan fingerprint density at radius 3 is 2.50 bits per heavy atom. The van der Waals surface area contributed by atoms with E-state index in [4.69, 9.17) is 11.6 Å². The predicted octanol–water partition coefficient (Wildman–Crippen LogP) is 2.63. The average Bonchev–Trinajstić information content (AvgIpc) is 2.49. The molecule has 0 aliphatic rings. The molecule has 4 nitrogen and oxygen atoms in total. The molecule has 0 aliphatic heterocycles.